The third-order valence-corrected chi connectivity index (χ3v) is 4.95. The van der Waals surface area contributed by atoms with Gasteiger partial charge in [0.1, 0.15) is 12.0 Å². The van der Waals surface area contributed by atoms with E-state index >= 15 is 4.39 Å². The molecule has 2 aromatic carbocycles. The SMILES string of the molecule is CC(C)C(=O)N1C[C@H](F)[C@H]([NH-])[C@@H]1Cc1cccc(-c2ccccc2)c1F.[CH2-]C.[Os+5]. The number of carbonyl (C=O) groups is 1. The van der Waals surface area contributed by atoms with E-state index in [1.54, 1.807) is 39.0 Å². The third kappa shape index (κ3) is 5.71. The van der Waals surface area contributed by atoms with Crippen molar-refractivity contribution in [1.82, 2.24) is 4.90 Å². The van der Waals surface area contributed by atoms with Gasteiger partial charge < -0.3 is 17.6 Å². The molecule has 0 saturated carbocycles. The van der Waals surface area contributed by atoms with Crippen LogP contribution in [0.2, 0.25) is 0 Å². The van der Waals surface area contributed by atoms with Crippen LogP contribution in [0.5, 0.6) is 0 Å². The second-order valence-electron chi connectivity index (χ2n) is 7.10. The molecule has 1 heterocycles. The van der Waals surface area contributed by atoms with E-state index in [1.807, 2.05) is 30.3 Å². The van der Waals surface area contributed by atoms with Crippen LogP contribution in [0.3, 0.4) is 0 Å². The Hall–Kier alpha value is -1.63. The van der Waals surface area contributed by atoms with E-state index in [9.17, 15) is 9.18 Å². The molecule has 6 heteroatoms. The number of benzene rings is 2. The summed E-state index contributed by atoms with van der Waals surface area (Å²) in [5.74, 6) is -0.840. The molecule has 1 fully saturated rings. The van der Waals surface area contributed by atoms with Gasteiger partial charge in [-0.25, -0.2) is 8.78 Å². The maximum absolute atomic E-state index is 15.1. The number of nitrogens with zero attached hydrogens (tertiary/aromatic N) is 1. The van der Waals surface area contributed by atoms with E-state index in [-0.39, 0.29) is 50.4 Å². The van der Waals surface area contributed by atoms with Crippen LogP contribution in [0.25, 0.3) is 16.9 Å². The summed E-state index contributed by atoms with van der Waals surface area (Å²) in [5.41, 5.74) is 9.75. The summed E-state index contributed by atoms with van der Waals surface area (Å²) >= 11 is 0. The fourth-order valence-electron chi connectivity index (χ4n) is 3.50. The first-order valence-corrected chi connectivity index (χ1v) is 9.59. The second kappa shape index (κ2) is 11.5. The Morgan fingerprint density at radius 3 is 2.38 bits per heavy atom. The summed E-state index contributed by atoms with van der Waals surface area (Å²) in [7, 11) is 0. The van der Waals surface area contributed by atoms with Gasteiger partial charge in [0.05, 0.1) is 6.54 Å². The van der Waals surface area contributed by atoms with Gasteiger partial charge in [-0.2, -0.15) is 6.92 Å². The Balaban J connectivity index is 0.00000136. The first kappa shape index (κ1) is 25.4. The molecular formula is C23H28F2N2OOs+3. The summed E-state index contributed by atoms with van der Waals surface area (Å²) in [6.07, 6.45) is -1.26. The first-order chi connectivity index (χ1) is 13.4. The van der Waals surface area contributed by atoms with Crippen LogP contribution < -0.4 is 0 Å². The number of carbonyl (C=O) groups excluding carboxylic acids is 1. The Morgan fingerprint density at radius 2 is 1.79 bits per heavy atom. The first-order valence-electron chi connectivity index (χ1n) is 9.59. The molecule has 0 unspecified atom stereocenters. The van der Waals surface area contributed by atoms with Gasteiger partial charge in [0.25, 0.3) is 0 Å². The molecule has 1 saturated heterocycles. The third-order valence-electron chi connectivity index (χ3n) is 4.95. The smallest absolute Gasteiger partial charge is 0.671 e. The molecule has 0 aliphatic carbocycles. The second-order valence-corrected chi connectivity index (χ2v) is 7.10. The quantitative estimate of drug-likeness (QED) is 0.444. The van der Waals surface area contributed by atoms with Crippen molar-refractivity contribution in [3.8, 4) is 11.1 Å². The zero-order chi connectivity index (χ0) is 20.8. The number of amides is 1. The average molecular weight is 577 g/mol. The van der Waals surface area contributed by atoms with Crippen LogP contribution in [0.15, 0.2) is 48.5 Å². The number of hydrogen-bond acceptors (Lipinski definition) is 1. The summed E-state index contributed by atoms with van der Waals surface area (Å²) in [4.78, 5) is 13.8. The number of likely N-dealkylation sites (tertiary alicyclic amines) is 1. The molecule has 3 atom stereocenters. The van der Waals surface area contributed by atoms with Crippen molar-refractivity contribution in [2.45, 2.75) is 45.4 Å². The minimum Gasteiger partial charge on any atom is -0.671 e. The molecule has 0 aromatic heterocycles. The number of nitrogens with one attached hydrogen (secondary N) is 1. The fourth-order valence-corrected chi connectivity index (χ4v) is 3.50. The topological polar surface area (TPSA) is 44.1 Å². The molecule has 0 spiro atoms. The van der Waals surface area contributed by atoms with Gasteiger partial charge in [-0.1, -0.05) is 68.4 Å². The van der Waals surface area contributed by atoms with Gasteiger partial charge in [-0.3, -0.25) is 4.79 Å². The van der Waals surface area contributed by atoms with Crippen molar-refractivity contribution in [1.29, 1.82) is 0 Å². The molecule has 3 nitrogen and oxygen atoms in total. The van der Waals surface area contributed by atoms with Crippen LogP contribution in [-0.4, -0.2) is 35.6 Å². The van der Waals surface area contributed by atoms with Gasteiger partial charge in [-0.05, 0) is 17.5 Å². The molecule has 1 aliphatic rings. The van der Waals surface area contributed by atoms with Crippen LogP contribution in [-0.2, 0) is 31.0 Å². The van der Waals surface area contributed by atoms with E-state index < -0.39 is 18.3 Å². The molecular weight excluding hydrogens is 548 g/mol. The summed E-state index contributed by atoms with van der Waals surface area (Å²) in [5, 5.41) is 0. The molecule has 1 aliphatic heterocycles. The Labute approximate surface area is 185 Å². The summed E-state index contributed by atoms with van der Waals surface area (Å²) in [6, 6.07) is 12.6. The molecule has 29 heavy (non-hydrogen) atoms. The largest absolute Gasteiger partial charge is 5.00 e. The van der Waals surface area contributed by atoms with Crippen molar-refractivity contribution in [3.05, 3.63) is 72.6 Å². The van der Waals surface area contributed by atoms with E-state index in [0.29, 0.717) is 11.1 Å². The minimum atomic E-state index is -1.40. The summed E-state index contributed by atoms with van der Waals surface area (Å²) < 4.78 is 29.2. The number of hydrogen-bond donors (Lipinski definition) is 0. The van der Waals surface area contributed by atoms with Gasteiger partial charge in [0, 0.05) is 17.5 Å². The van der Waals surface area contributed by atoms with Crippen LogP contribution in [0, 0.1) is 18.7 Å². The number of halogens is 2. The van der Waals surface area contributed by atoms with Crippen molar-refractivity contribution in [2.75, 3.05) is 6.54 Å². The molecule has 155 valence electrons. The van der Waals surface area contributed by atoms with Gasteiger partial charge in [0.2, 0.25) is 5.91 Å². The maximum Gasteiger partial charge on any atom is 5.00 e. The predicted molar refractivity (Wildman–Crippen MR) is 110 cm³/mol. The molecule has 2 aromatic rings. The van der Waals surface area contributed by atoms with E-state index in [2.05, 4.69) is 6.92 Å². The Bertz CT molecular complexity index is 786. The molecule has 1 radical (unpaired) electrons. The Kier molecular flexibility index (Phi) is 10.1. The van der Waals surface area contributed by atoms with Crippen LogP contribution in [0.4, 0.5) is 8.78 Å². The zero-order valence-electron chi connectivity index (χ0n) is 17.0. The summed E-state index contributed by atoms with van der Waals surface area (Å²) in [6.45, 7) is 8.41. The van der Waals surface area contributed by atoms with Crippen molar-refractivity contribution < 1.29 is 33.4 Å². The van der Waals surface area contributed by atoms with Gasteiger partial charge >= 0.3 is 19.8 Å². The zero-order valence-corrected chi connectivity index (χ0v) is 19.6. The van der Waals surface area contributed by atoms with E-state index in [0.717, 1.165) is 5.56 Å². The van der Waals surface area contributed by atoms with Crippen LogP contribution >= 0.6 is 0 Å². The Morgan fingerprint density at radius 1 is 1.17 bits per heavy atom. The molecule has 1 N–H and O–H groups in total. The van der Waals surface area contributed by atoms with Crippen molar-refractivity contribution in [3.63, 3.8) is 0 Å². The minimum absolute atomic E-state index is 0. The van der Waals surface area contributed by atoms with E-state index in [4.69, 9.17) is 5.73 Å². The fraction of sp³-hybridized carbons (Fsp3) is 0.391. The molecule has 0 bridgehead atoms. The number of rotatable bonds is 4. The molecule has 1 amide bonds. The maximum atomic E-state index is 15.1. The average Bonchev–Trinajstić information content (AvgIpc) is 2.99. The van der Waals surface area contributed by atoms with Gasteiger partial charge in [-0.15, -0.1) is 0 Å². The van der Waals surface area contributed by atoms with Crippen molar-refractivity contribution in [2.24, 2.45) is 5.92 Å². The number of alkyl halides is 1. The van der Waals surface area contributed by atoms with Crippen LogP contribution in [0.1, 0.15) is 26.3 Å². The predicted octanol–water partition coefficient (Wildman–Crippen LogP) is 5.50. The monoisotopic (exact) mass is 578 g/mol. The molecule has 3 rings (SSSR count). The normalized spacial score (nSPS) is 20.7. The van der Waals surface area contributed by atoms with Crippen molar-refractivity contribution >= 4 is 5.91 Å². The van der Waals surface area contributed by atoms with Gasteiger partial charge in [0.15, 0.2) is 0 Å². The van der Waals surface area contributed by atoms with E-state index in [1.165, 1.54) is 4.90 Å². The standard InChI is InChI=1S/C21H23F2N2O.C2H5.Os/c1-13(2)21(26)25-12-17(22)20(24)18(25)11-15-9-6-10-16(19(15)23)14-7-4-3-5-8-14;1-2;/h3-10,13,17-18,20,24H,11-12H2,1-2H3;1H2,2H3;/q2*-1;+5/t17-,18-,20-;;/m0../s1.